The number of rotatable bonds is 6. The molecule has 0 atom stereocenters. The number of carboxylic acid groups (broad SMARTS) is 1. The normalized spacial score (nSPS) is 18.0. The van der Waals surface area contributed by atoms with E-state index in [9.17, 15) is 4.79 Å². The monoisotopic (exact) mass is 225 g/mol. The Morgan fingerprint density at radius 2 is 2.44 bits per heavy atom. The zero-order valence-corrected chi connectivity index (χ0v) is 8.89. The highest BCUT2D eigenvalue weighted by Gasteiger charge is 2.38. The highest BCUT2D eigenvalue weighted by molar-refractivity contribution is 5.68. The van der Waals surface area contributed by atoms with Crippen LogP contribution in [-0.4, -0.2) is 51.2 Å². The largest absolute Gasteiger partial charge is 0.481 e. The van der Waals surface area contributed by atoms with E-state index >= 15 is 0 Å². The molecular weight excluding hydrogens is 210 g/mol. The SMILES string of the molecule is O=C(O)CC1(NCCn2ccnn2)CNC1. The Morgan fingerprint density at radius 1 is 1.62 bits per heavy atom. The number of aliphatic carboxylic acids is 1. The molecule has 88 valence electrons. The third kappa shape index (κ3) is 2.56. The first-order valence-corrected chi connectivity index (χ1v) is 5.22. The molecule has 16 heavy (non-hydrogen) atoms. The third-order valence-electron chi connectivity index (χ3n) is 2.73. The van der Waals surface area contributed by atoms with Crippen molar-refractivity contribution in [3.63, 3.8) is 0 Å². The van der Waals surface area contributed by atoms with E-state index in [1.54, 1.807) is 17.1 Å². The van der Waals surface area contributed by atoms with Gasteiger partial charge in [-0.25, -0.2) is 0 Å². The van der Waals surface area contributed by atoms with E-state index in [1.807, 2.05) is 0 Å². The topological polar surface area (TPSA) is 92.1 Å². The van der Waals surface area contributed by atoms with E-state index in [-0.39, 0.29) is 12.0 Å². The van der Waals surface area contributed by atoms with Gasteiger partial charge in [0.05, 0.1) is 24.7 Å². The Balaban J connectivity index is 1.77. The standard InChI is InChI=1S/C9H15N5O2/c15-8(16)5-9(6-10-7-9)11-1-3-14-4-2-12-13-14/h2,4,10-11H,1,3,5-7H2,(H,15,16). The van der Waals surface area contributed by atoms with E-state index in [2.05, 4.69) is 20.9 Å². The summed E-state index contributed by atoms with van der Waals surface area (Å²) in [7, 11) is 0. The Hall–Kier alpha value is -1.47. The molecule has 7 heteroatoms. The summed E-state index contributed by atoms with van der Waals surface area (Å²) in [5, 5.41) is 22.7. The lowest BCUT2D eigenvalue weighted by Crippen LogP contribution is -2.68. The minimum atomic E-state index is -0.769. The summed E-state index contributed by atoms with van der Waals surface area (Å²) >= 11 is 0. The van der Waals surface area contributed by atoms with Crippen molar-refractivity contribution >= 4 is 5.97 Å². The Bertz CT molecular complexity index is 347. The van der Waals surface area contributed by atoms with Gasteiger partial charge in [0, 0.05) is 25.8 Å². The number of aromatic nitrogens is 3. The lowest BCUT2D eigenvalue weighted by atomic mass is 9.88. The van der Waals surface area contributed by atoms with Crippen LogP contribution in [0.4, 0.5) is 0 Å². The lowest BCUT2D eigenvalue weighted by molar-refractivity contribution is -0.139. The molecule has 1 fully saturated rings. The van der Waals surface area contributed by atoms with Crippen LogP contribution in [0.3, 0.4) is 0 Å². The zero-order valence-electron chi connectivity index (χ0n) is 8.89. The predicted molar refractivity (Wildman–Crippen MR) is 55.9 cm³/mol. The van der Waals surface area contributed by atoms with Crippen LogP contribution in [0.2, 0.25) is 0 Å². The Morgan fingerprint density at radius 3 is 2.94 bits per heavy atom. The second-order valence-corrected chi connectivity index (χ2v) is 4.05. The molecule has 3 N–H and O–H groups in total. The molecule has 1 aromatic rings. The van der Waals surface area contributed by atoms with Crippen LogP contribution in [0.5, 0.6) is 0 Å². The smallest absolute Gasteiger partial charge is 0.305 e. The highest BCUT2D eigenvalue weighted by atomic mass is 16.4. The van der Waals surface area contributed by atoms with Crippen molar-refractivity contribution in [2.45, 2.75) is 18.5 Å². The summed E-state index contributed by atoms with van der Waals surface area (Å²) in [6, 6.07) is 0. The average Bonchev–Trinajstić information content (AvgIpc) is 2.66. The second kappa shape index (κ2) is 4.58. The quantitative estimate of drug-likeness (QED) is 0.556. The number of carboxylic acids is 1. The van der Waals surface area contributed by atoms with Crippen molar-refractivity contribution in [2.75, 3.05) is 19.6 Å². The molecule has 0 aliphatic carbocycles. The second-order valence-electron chi connectivity index (χ2n) is 4.05. The predicted octanol–water partition coefficient (Wildman–Crippen LogP) is -1.32. The van der Waals surface area contributed by atoms with Gasteiger partial charge in [-0.1, -0.05) is 5.21 Å². The van der Waals surface area contributed by atoms with Crippen LogP contribution < -0.4 is 10.6 Å². The molecule has 0 bridgehead atoms. The Labute approximate surface area is 92.8 Å². The number of nitrogens with one attached hydrogen (secondary N) is 2. The van der Waals surface area contributed by atoms with Crippen LogP contribution in [0, 0.1) is 0 Å². The van der Waals surface area contributed by atoms with E-state index in [0.29, 0.717) is 26.2 Å². The van der Waals surface area contributed by atoms with E-state index in [1.165, 1.54) is 0 Å². The third-order valence-corrected chi connectivity index (χ3v) is 2.73. The zero-order chi connectivity index (χ0) is 11.4. The first-order valence-electron chi connectivity index (χ1n) is 5.22. The van der Waals surface area contributed by atoms with Gasteiger partial charge in [-0.2, -0.15) is 0 Å². The highest BCUT2D eigenvalue weighted by Crippen LogP contribution is 2.15. The fourth-order valence-corrected chi connectivity index (χ4v) is 1.82. The van der Waals surface area contributed by atoms with Gasteiger partial charge in [0.25, 0.3) is 0 Å². The van der Waals surface area contributed by atoms with Crippen LogP contribution in [0.25, 0.3) is 0 Å². The first-order chi connectivity index (χ1) is 7.70. The van der Waals surface area contributed by atoms with E-state index in [4.69, 9.17) is 5.11 Å². The summed E-state index contributed by atoms with van der Waals surface area (Å²) in [5.41, 5.74) is -0.285. The number of carbonyl (C=O) groups is 1. The van der Waals surface area contributed by atoms with Crippen LogP contribution in [-0.2, 0) is 11.3 Å². The van der Waals surface area contributed by atoms with Crippen molar-refractivity contribution in [3.8, 4) is 0 Å². The first kappa shape index (κ1) is 11.0. The van der Waals surface area contributed by atoms with Gasteiger partial charge in [-0.05, 0) is 0 Å². The molecule has 1 saturated heterocycles. The number of hydrogen-bond donors (Lipinski definition) is 3. The van der Waals surface area contributed by atoms with Crippen LogP contribution >= 0.6 is 0 Å². The van der Waals surface area contributed by atoms with Gasteiger partial charge in [0.1, 0.15) is 0 Å². The molecule has 0 saturated carbocycles. The number of hydrogen-bond acceptors (Lipinski definition) is 5. The summed E-state index contributed by atoms with van der Waals surface area (Å²) in [5.74, 6) is -0.769. The Kier molecular flexibility index (Phi) is 3.16. The summed E-state index contributed by atoms with van der Waals surface area (Å²) < 4.78 is 1.72. The van der Waals surface area contributed by atoms with Gasteiger partial charge >= 0.3 is 5.97 Å². The summed E-state index contributed by atoms with van der Waals surface area (Å²) in [6.45, 7) is 2.80. The average molecular weight is 225 g/mol. The van der Waals surface area contributed by atoms with E-state index < -0.39 is 5.97 Å². The molecule has 0 unspecified atom stereocenters. The fourth-order valence-electron chi connectivity index (χ4n) is 1.82. The molecule has 0 radical (unpaired) electrons. The molecule has 1 aromatic heterocycles. The lowest BCUT2D eigenvalue weighted by Gasteiger charge is -2.42. The molecule has 2 heterocycles. The van der Waals surface area contributed by atoms with Gasteiger partial charge < -0.3 is 15.7 Å². The molecule has 2 rings (SSSR count). The minimum absolute atomic E-state index is 0.150. The molecule has 0 amide bonds. The molecule has 1 aliphatic rings. The van der Waals surface area contributed by atoms with Crippen molar-refractivity contribution in [1.29, 1.82) is 0 Å². The minimum Gasteiger partial charge on any atom is -0.481 e. The molecule has 7 nitrogen and oxygen atoms in total. The molecule has 0 aromatic carbocycles. The number of nitrogens with zero attached hydrogens (tertiary/aromatic N) is 3. The van der Waals surface area contributed by atoms with Crippen LogP contribution in [0.1, 0.15) is 6.42 Å². The summed E-state index contributed by atoms with van der Waals surface area (Å²) in [4.78, 5) is 10.7. The molecule has 0 spiro atoms. The van der Waals surface area contributed by atoms with Crippen molar-refractivity contribution in [1.82, 2.24) is 25.6 Å². The summed E-state index contributed by atoms with van der Waals surface area (Å²) in [6.07, 6.45) is 3.56. The van der Waals surface area contributed by atoms with Gasteiger partial charge in [-0.15, -0.1) is 5.10 Å². The maximum Gasteiger partial charge on any atom is 0.305 e. The van der Waals surface area contributed by atoms with Gasteiger partial charge in [-0.3, -0.25) is 9.48 Å². The maximum atomic E-state index is 10.7. The molecule has 1 aliphatic heterocycles. The van der Waals surface area contributed by atoms with Gasteiger partial charge in [0.15, 0.2) is 0 Å². The van der Waals surface area contributed by atoms with Crippen LogP contribution in [0.15, 0.2) is 12.4 Å². The fraction of sp³-hybridized carbons (Fsp3) is 0.667. The van der Waals surface area contributed by atoms with Crippen molar-refractivity contribution in [2.24, 2.45) is 0 Å². The van der Waals surface area contributed by atoms with Crippen molar-refractivity contribution in [3.05, 3.63) is 12.4 Å². The van der Waals surface area contributed by atoms with E-state index in [0.717, 1.165) is 0 Å². The molecular formula is C9H15N5O2. The van der Waals surface area contributed by atoms with Gasteiger partial charge in [0.2, 0.25) is 0 Å². The maximum absolute atomic E-state index is 10.7. The van der Waals surface area contributed by atoms with Crippen molar-refractivity contribution < 1.29 is 9.90 Å².